The number of nitrogens with zero attached hydrogens (tertiary/aromatic N) is 2. The van der Waals surface area contributed by atoms with E-state index in [1.165, 1.54) is 0 Å². The summed E-state index contributed by atoms with van der Waals surface area (Å²) in [6.07, 6.45) is 0. The number of amides is 1. The van der Waals surface area contributed by atoms with E-state index in [0.29, 0.717) is 23.7 Å². The highest BCUT2D eigenvalue weighted by molar-refractivity contribution is 6.34. The molecule has 5 heteroatoms. The Hall–Kier alpha value is -2.30. The van der Waals surface area contributed by atoms with Crippen molar-refractivity contribution in [1.29, 1.82) is 0 Å². The Morgan fingerprint density at radius 3 is 2.80 bits per heavy atom. The van der Waals surface area contributed by atoms with Gasteiger partial charge in [0.05, 0.1) is 0 Å². The Bertz CT molecular complexity index is 658. The third-order valence-electron chi connectivity index (χ3n) is 3.32. The molecule has 1 aromatic heterocycles. The minimum atomic E-state index is -0.0643. The molecule has 0 saturated heterocycles. The molecule has 0 spiro atoms. The number of aromatic nitrogens is 1. The van der Waals surface area contributed by atoms with Crippen LogP contribution in [0.5, 0.6) is 5.88 Å². The van der Waals surface area contributed by atoms with Crippen LogP contribution in [0.2, 0.25) is 0 Å². The van der Waals surface area contributed by atoms with Gasteiger partial charge in [-0.1, -0.05) is 30.3 Å². The lowest BCUT2D eigenvalue weighted by molar-refractivity contribution is -0.121. The maximum atomic E-state index is 11.9. The first-order valence-electron chi connectivity index (χ1n) is 6.49. The number of likely N-dealkylation sites (N-methyl/N-ethyl adjacent to an activating group) is 1. The summed E-state index contributed by atoms with van der Waals surface area (Å²) in [7, 11) is 6.00. The van der Waals surface area contributed by atoms with Gasteiger partial charge in [0.1, 0.15) is 13.5 Å². The first-order chi connectivity index (χ1) is 9.70. The van der Waals surface area contributed by atoms with E-state index < -0.39 is 0 Å². The Morgan fingerprint density at radius 2 is 2.10 bits per heavy atom. The fourth-order valence-electron chi connectivity index (χ4n) is 2.34. The quantitative estimate of drug-likeness (QED) is 0.767. The molecule has 4 nitrogen and oxygen atoms in total. The van der Waals surface area contributed by atoms with Crippen molar-refractivity contribution in [3.63, 3.8) is 0 Å². The molecule has 0 unspecified atom stereocenters. The number of ether oxygens (including phenoxy) is 1. The van der Waals surface area contributed by atoms with E-state index in [2.05, 4.69) is 4.98 Å². The number of rotatable bonds is 2. The van der Waals surface area contributed by atoms with E-state index in [1.54, 1.807) is 4.90 Å². The van der Waals surface area contributed by atoms with Crippen LogP contribution in [-0.4, -0.2) is 31.9 Å². The maximum Gasteiger partial charge on any atom is 0.265 e. The highest BCUT2D eigenvalue weighted by Crippen LogP contribution is 2.32. The third-order valence-corrected chi connectivity index (χ3v) is 3.32. The van der Waals surface area contributed by atoms with Crippen molar-refractivity contribution in [2.75, 3.05) is 18.1 Å². The fourth-order valence-corrected chi connectivity index (χ4v) is 2.34. The van der Waals surface area contributed by atoms with Gasteiger partial charge < -0.3 is 9.64 Å². The summed E-state index contributed by atoms with van der Waals surface area (Å²) in [6.45, 7) is 2.51. The summed E-state index contributed by atoms with van der Waals surface area (Å²) < 4.78 is 5.36. The molecule has 98 valence electrons. The Labute approximate surface area is 118 Å². The first-order valence-corrected chi connectivity index (χ1v) is 6.49. The minimum Gasteiger partial charge on any atom is -0.466 e. The molecule has 0 N–H and O–H groups in total. The molecule has 2 heterocycles. The number of hydrogen-bond acceptors (Lipinski definition) is 3. The number of anilines is 1. The van der Waals surface area contributed by atoms with Crippen LogP contribution in [0, 0.1) is 0 Å². The van der Waals surface area contributed by atoms with Crippen molar-refractivity contribution in [2.45, 2.75) is 6.92 Å². The molecule has 20 heavy (non-hydrogen) atoms. The zero-order valence-electron chi connectivity index (χ0n) is 11.2. The zero-order valence-corrected chi connectivity index (χ0v) is 11.2. The van der Waals surface area contributed by atoms with Gasteiger partial charge in [-0.2, -0.15) is 0 Å². The summed E-state index contributed by atoms with van der Waals surface area (Å²) in [5, 5.41) is 0. The van der Waals surface area contributed by atoms with Gasteiger partial charge in [0.2, 0.25) is 5.88 Å². The van der Waals surface area contributed by atoms with Crippen molar-refractivity contribution in [2.24, 2.45) is 0 Å². The molecule has 0 atom stereocenters. The molecule has 0 fully saturated rings. The predicted octanol–water partition coefficient (Wildman–Crippen LogP) is 1.29. The Balaban J connectivity index is 2.15. The molecule has 1 amide bonds. The highest BCUT2D eigenvalue weighted by atomic mass is 16.5. The predicted molar refractivity (Wildman–Crippen MR) is 78.6 cm³/mol. The van der Waals surface area contributed by atoms with Crippen LogP contribution in [0.3, 0.4) is 0 Å². The zero-order chi connectivity index (χ0) is 14.1. The van der Waals surface area contributed by atoms with Crippen molar-refractivity contribution < 1.29 is 9.53 Å². The number of benzene rings is 1. The number of carbonyl (C=O) groups excluding carboxylic acids is 1. The van der Waals surface area contributed by atoms with E-state index in [-0.39, 0.29) is 12.5 Å². The lowest BCUT2D eigenvalue weighted by Crippen LogP contribution is -2.39. The number of pyridine rings is 1. The first kappa shape index (κ1) is 12.7. The van der Waals surface area contributed by atoms with E-state index in [1.807, 2.05) is 43.3 Å². The summed E-state index contributed by atoms with van der Waals surface area (Å²) in [5.74, 6) is 0.356. The molecule has 1 aliphatic heterocycles. The molecule has 2 aromatic rings. The van der Waals surface area contributed by atoms with E-state index >= 15 is 0 Å². The number of hydrogen-bond donors (Lipinski definition) is 0. The van der Waals surface area contributed by atoms with Crippen molar-refractivity contribution >= 4 is 25.0 Å². The second-order valence-electron chi connectivity index (χ2n) is 4.54. The summed E-state index contributed by atoms with van der Waals surface area (Å²) in [4.78, 5) is 17.8. The maximum absolute atomic E-state index is 11.9. The van der Waals surface area contributed by atoms with Crippen LogP contribution in [-0.2, 0) is 4.79 Å². The van der Waals surface area contributed by atoms with Crippen LogP contribution in [0.4, 0.5) is 5.69 Å². The fraction of sp³-hybridized carbons (Fsp3) is 0.200. The molecule has 0 saturated carbocycles. The topological polar surface area (TPSA) is 42.4 Å². The van der Waals surface area contributed by atoms with E-state index in [9.17, 15) is 4.79 Å². The molecule has 1 aliphatic rings. The highest BCUT2D eigenvalue weighted by Gasteiger charge is 2.26. The van der Waals surface area contributed by atoms with Crippen LogP contribution < -0.4 is 15.2 Å². The molecule has 2 radical (unpaired) electrons. The molecule has 0 aliphatic carbocycles. The summed E-state index contributed by atoms with van der Waals surface area (Å²) >= 11 is 0. The van der Waals surface area contributed by atoms with Crippen molar-refractivity contribution in [3.8, 4) is 17.0 Å². The third kappa shape index (κ3) is 2.05. The number of fused-ring (bicyclic) bond motifs is 1. The van der Waals surface area contributed by atoms with Gasteiger partial charge in [0, 0.05) is 6.54 Å². The standard InChI is InChI=1S/C15H13BN2O2/c1-2-18-12-8-11(10-6-4-3-5-7-10)14(16)17-15(12)20-9-13(18)19/h3-8H,2,9H2,1H3. The lowest BCUT2D eigenvalue weighted by Gasteiger charge is -2.28. The van der Waals surface area contributed by atoms with E-state index in [0.717, 1.165) is 11.1 Å². The minimum absolute atomic E-state index is 0.0119. The smallest absolute Gasteiger partial charge is 0.265 e. The molecular weight excluding hydrogens is 251 g/mol. The van der Waals surface area contributed by atoms with Crippen LogP contribution >= 0.6 is 0 Å². The normalized spacial score (nSPS) is 13.8. The Morgan fingerprint density at radius 1 is 1.35 bits per heavy atom. The summed E-state index contributed by atoms with van der Waals surface area (Å²) in [6, 6.07) is 11.6. The summed E-state index contributed by atoms with van der Waals surface area (Å²) in [5.41, 5.74) is 2.85. The van der Waals surface area contributed by atoms with Gasteiger partial charge in [-0.25, -0.2) is 4.98 Å². The van der Waals surface area contributed by atoms with Gasteiger partial charge in [-0.05, 0) is 29.7 Å². The average Bonchev–Trinajstić information content (AvgIpc) is 2.48. The molecular formula is C15H13BN2O2. The second-order valence-corrected chi connectivity index (χ2v) is 4.54. The van der Waals surface area contributed by atoms with Crippen LogP contribution in [0.15, 0.2) is 36.4 Å². The SMILES string of the molecule is [B]c1nc2c(cc1-c1ccccc1)N(CC)C(=O)CO2. The number of carbonyl (C=O) groups is 1. The van der Waals surface area contributed by atoms with Gasteiger partial charge in [0.25, 0.3) is 5.91 Å². The molecule has 1 aromatic carbocycles. The van der Waals surface area contributed by atoms with Crippen molar-refractivity contribution in [3.05, 3.63) is 36.4 Å². The van der Waals surface area contributed by atoms with Gasteiger partial charge >= 0.3 is 0 Å². The second kappa shape index (κ2) is 5.00. The van der Waals surface area contributed by atoms with Gasteiger partial charge in [-0.3, -0.25) is 4.79 Å². The van der Waals surface area contributed by atoms with Gasteiger partial charge in [-0.15, -0.1) is 0 Å². The average molecular weight is 264 g/mol. The van der Waals surface area contributed by atoms with Crippen molar-refractivity contribution in [1.82, 2.24) is 4.98 Å². The largest absolute Gasteiger partial charge is 0.466 e. The monoisotopic (exact) mass is 264 g/mol. The molecule has 0 bridgehead atoms. The lowest BCUT2D eigenvalue weighted by atomic mass is 9.92. The van der Waals surface area contributed by atoms with Crippen LogP contribution in [0.1, 0.15) is 6.92 Å². The molecule has 3 rings (SSSR count). The van der Waals surface area contributed by atoms with Crippen LogP contribution in [0.25, 0.3) is 11.1 Å². The van der Waals surface area contributed by atoms with E-state index in [4.69, 9.17) is 12.6 Å². The Kier molecular flexibility index (Phi) is 3.18. The van der Waals surface area contributed by atoms with Gasteiger partial charge in [0.15, 0.2) is 6.61 Å².